The molecule has 3 rings (SSSR count). The predicted octanol–water partition coefficient (Wildman–Crippen LogP) is 1.98. The van der Waals surface area contributed by atoms with Gasteiger partial charge in [-0.3, -0.25) is 14.7 Å². The van der Waals surface area contributed by atoms with Crippen molar-refractivity contribution in [3.05, 3.63) is 29.8 Å². The summed E-state index contributed by atoms with van der Waals surface area (Å²) in [5, 5.41) is 3.43. The normalized spacial score (nSPS) is 18.3. The fourth-order valence-electron chi connectivity index (χ4n) is 3.87. The second-order valence-electron chi connectivity index (χ2n) is 7.64. The molecular formula is C22H35IN4O4. The second-order valence-corrected chi connectivity index (χ2v) is 7.64. The Morgan fingerprint density at radius 1 is 1.23 bits per heavy atom. The lowest BCUT2D eigenvalue weighted by molar-refractivity contribution is -0.146. The van der Waals surface area contributed by atoms with Crippen molar-refractivity contribution in [1.82, 2.24) is 15.1 Å². The molecule has 1 aromatic rings. The highest BCUT2D eigenvalue weighted by Crippen LogP contribution is 2.19. The first-order valence-corrected chi connectivity index (χ1v) is 10.7. The molecular weight excluding hydrogens is 511 g/mol. The van der Waals surface area contributed by atoms with Crippen molar-refractivity contribution in [2.45, 2.75) is 19.4 Å². The number of carbonyl (C=O) groups is 1. The zero-order chi connectivity index (χ0) is 21.2. The minimum atomic E-state index is -0.108. The molecule has 0 saturated carbocycles. The zero-order valence-corrected chi connectivity index (χ0v) is 20.9. The van der Waals surface area contributed by atoms with Crippen LogP contribution < -0.4 is 10.1 Å². The molecule has 9 heteroatoms. The monoisotopic (exact) mass is 546 g/mol. The standard InChI is InChI=1S/C22H34N4O4.HI/c1-23-22(26-8-6-19(7-9-26)21(27)28-2)24-17-18-4-3-5-20(16-18)30-15-12-25-10-13-29-14-11-25;/h3-5,16,19H,6-15,17H2,1-2H3,(H,23,24);1H. The molecule has 0 bridgehead atoms. The molecule has 0 amide bonds. The van der Waals surface area contributed by atoms with Crippen molar-refractivity contribution in [1.29, 1.82) is 0 Å². The maximum Gasteiger partial charge on any atom is 0.308 e. The number of hydrogen-bond acceptors (Lipinski definition) is 6. The number of nitrogens with one attached hydrogen (secondary N) is 1. The Balaban J connectivity index is 0.00000341. The molecule has 2 aliphatic heterocycles. The van der Waals surface area contributed by atoms with Gasteiger partial charge in [0.2, 0.25) is 0 Å². The summed E-state index contributed by atoms with van der Waals surface area (Å²) in [4.78, 5) is 20.7. The van der Waals surface area contributed by atoms with E-state index in [0.717, 1.165) is 76.1 Å². The predicted molar refractivity (Wildman–Crippen MR) is 131 cm³/mol. The molecule has 2 fully saturated rings. The van der Waals surface area contributed by atoms with E-state index in [1.807, 2.05) is 12.1 Å². The second kappa shape index (κ2) is 13.7. The third kappa shape index (κ3) is 8.12. The maximum atomic E-state index is 11.7. The lowest BCUT2D eigenvalue weighted by Crippen LogP contribution is -2.46. The van der Waals surface area contributed by atoms with E-state index in [4.69, 9.17) is 14.2 Å². The van der Waals surface area contributed by atoms with E-state index >= 15 is 0 Å². The van der Waals surface area contributed by atoms with Crippen LogP contribution in [0.1, 0.15) is 18.4 Å². The Labute approximate surface area is 202 Å². The van der Waals surface area contributed by atoms with E-state index < -0.39 is 0 Å². The Morgan fingerprint density at radius 2 is 1.97 bits per heavy atom. The van der Waals surface area contributed by atoms with Gasteiger partial charge in [0, 0.05) is 46.3 Å². The third-order valence-corrected chi connectivity index (χ3v) is 5.67. The van der Waals surface area contributed by atoms with Crippen LogP contribution in [0.15, 0.2) is 29.3 Å². The summed E-state index contributed by atoms with van der Waals surface area (Å²) in [5.74, 6) is 1.63. The van der Waals surface area contributed by atoms with Crippen LogP contribution in [-0.4, -0.2) is 88.4 Å². The van der Waals surface area contributed by atoms with E-state index in [0.29, 0.717) is 13.2 Å². The van der Waals surface area contributed by atoms with Gasteiger partial charge in [0.1, 0.15) is 12.4 Å². The van der Waals surface area contributed by atoms with Gasteiger partial charge in [0.25, 0.3) is 0 Å². The van der Waals surface area contributed by atoms with Crippen LogP contribution in [0.4, 0.5) is 0 Å². The number of carbonyl (C=O) groups excluding carboxylic acids is 1. The number of piperidine rings is 1. The summed E-state index contributed by atoms with van der Waals surface area (Å²) in [7, 11) is 3.25. The summed E-state index contributed by atoms with van der Waals surface area (Å²) in [6.07, 6.45) is 1.58. The molecule has 2 saturated heterocycles. The molecule has 1 N–H and O–H groups in total. The number of rotatable bonds is 7. The first-order chi connectivity index (χ1) is 14.7. The average Bonchev–Trinajstić information content (AvgIpc) is 2.80. The molecule has 31 heavy (non-hydrogen) atoms. The number of aliphatic imine (C=N–C) groups is 1. The lowest BCUT2D eigenvalue weighted by Gasteiger charge is -2.33. The largest absolute Gasteiger partial charge is 0.492 e. The van der Waals surface area contributed by atoms with E-state index in [1.165, 1.54) is 7.11 Å². The summed E-state index contributed by atoms with van der Waals surface area (Å²) in [5.41, 5.74) is 1.14. The van der Waals surface area contributed by atoms with Gasteiger partial charge >= 0.3 is 5.97 Å². The van der Waals surface area contributed by atoms with E-state index in [1.54, 1.807) is 7.05 Å². The van der Waals surface area contributed by atoms with Crippen LogP contribution >= 0.6 is 24.0 Å². The summed E-state index contributed by atoms with van der Waals surface area (Å²) in [6.45, 7) is 7.42. The minimum Gasteiger partial charge on any atom is -0.492 e. The van der Waals surface area contributed by atoms with Gasteiger partial charge in [-0.15, -0.1) is 24.0 Å². The van der Waals surface area contributed by atoms with Crippen molar-refractivity contribution in [3.8, 4) is 5.75 Å². The Hall–Kier alpha value is -1.59. The van der Waals surface area contributed by atoms with Crippen molar-refractivity contribution in [2.75, 3.05) is 66.7 Å². The summed E-state index contributed by atoms with van der Waals surface area (Å²) >= 11 is 0. The number of halogens is 1. The minimum absolute atomic E-state index is 0. The van der Waals surface area contributed by atoms with Crippen molar-refractivity contribution in [2.24, 2.45) is 10.9 Å². The third-order valence-electron chi connectivity index (χ3n) is 5.67. The number of guanidine groups is 1. The first-order valence-electron chi connectivity index (χ1n) is 10.7. The summed E-state index contributed by atoms with van der Waals surface area (Å²) in [6, 6.07) is 8.17. The lowest BCUT2D eigenvalue weighted by atomic mass is 9.97. The number of methoxy groups -OCH3 is 1. The molecule has 1 aromatic carbocycles. The van der Waals surface area contributed by atoms with Crippen LogP contribution in [-0.2, 0) is 20.8 Å². The first kappa shape index (κ1) is 25.7. The molecule has 0 unspecified atom stereocenters. The van der Waals surface area contributed by atoms with E-state index in [2.05, 4.69) is 32.2 Å². The molecule has 2 heterocycles. The molecule has 0 radical (unpaired) electrons. The zero-order valence-electron chi connectivity index (χ0n) is 18.5. The molecule has 0 aromatic heterocycles. The number of benzene rings is 1. The Bertz CT molecular complexity index is 705. The Morgan fingerprint density at radius 3 is 2.65 bits per heavy atom. The number of morpholine rings is 1. The van der Waals surface area contributed by atoms with Gasteiger partial charge in [-0.25, -0.2) is 0 Å². The van der Waals surface area contributed by atoms with Crippen LogP contribution in [0.25, 0.3) is 0 Å². The SMILES string of the molecule is CN=C(NCc1cccc(OCCN2CCOCC2)c1)N1CCC(C(=O)OC)CC1.I. The highest BCUT2D eigenvalue weighted by atomic mass is 127. The fourth-order valence-corrected chi connectivity index (χ4v) is 3.87. The van der Waals surface area contributed by atoms with Crippen molar-refractivity contribution >= 4 is 35.9 Å². The van der Waals surface area contributed by atoms with Crippen LogP contribution in [0, 0.1) is 5.92 Å². The molecule has 0 atom stereocenters. The van der Waals surface area contributed by atoms with Crippen LogP contribution in [0.5, 0.6) is 5.75 Å². The van der Waals surface area contributed by atoms with Gasteiger partial charge in [-0.1, -0.05) is 12.1 Å². The van der Waals surface area contributed by atoms with Gasteiger partial charge in [-0.05, 0) is 30.5 Å². The van der Waals surface area contributed by atoms with Crippen molar-refractivity contribution in [3.63, 3.8) is 0 Å². The highest BCUT2D eigenvalue weighted by molar-refractivity contribution is 14.0. The highest BCUT2D eigenvalue weighted by Gasteiger charge is 2.26. The van der Waals surface area contributed by atoms with Crippen molar-refractivity contribution < 1.29 is 19.0 Å². The summed E-state index contributed by atoms with van der Waals surface area (Å²) < 4.78 is 16.2. The number of esters is 1. The molecule has 2 aliphatic rings. The number of nitrogens with zero attached hydrogens (tertiary/aromatic N) is 3. The molecule has 8 nitrogen and oxygen atoms in total. The van der Waals surface area contributed by atoms with Gasteiger partial charge in [0.05, 0.1) is 26.2 Å². The molecule has 0 spiro atoms. The Kier molecular flexibility index (Phi) is 11.4. The van der Waals surface area contributed by atoms with Gasteiger partial charge in [0.15, 0.2) is 5.96 Å². The van der Waals surface area contributed by atoms with Crippen LogP contribution in [0.3, 0.4) is 0 Å². The fraction of sp³-hybridized carbons (Fsp3) is 0.636. The number of likely N-dealkylation sites (tertiary alicyclic amines) is 1. The smallest absolute Gasteiger partial charge is 0.308 e. The number of hydrogen-bond donors (Lipinski definition) is 1. The van der Waals surface area contributed by atoms with Gasteiger partial charge in [-0.2, -0.15) is 0 Å². The van der Waals surface area contributed by atoms with E-state index in [9.17, 15) is 4.79 Å². The molecule has 0 aliphatic carbocycles. The average molecular weight is 546 g/mol. The van der Waals surface area contributed by atoms with E-state index in [-0.39, 0.29) is 35.9 Å². The molecule has 174 valence electrons. The quantitative estimate of drug-likeness (QED) is 0.243. The topological polar surface area (TPSA) is 75.6 Å². The van der Waals surface area contributed by atoms with Crippen LogP contribution in [0.2, 0.25) is 0 Å². The van der Waals surface area contributed by atoms with Gasteiger partial charge < -0.3 is 24.4 Å². The number of ether oxygens (including phenoxy) is 3. The maximum absolute atomic E-state index is 11.7.